The highest BCUT2D eigenvalue weighted by molar-refractivity contribution is 5.63. The summed E-state index contributed by atoms with van der Waals surface area (Å²) < 4.78 is 5.40. The van der Waals surface area contributed by atoms with Gasteiger partial charge in [0.1, 0.15) is 0 Å². The molecule has 0 amide bonds. The molecule has 0 heterocycles. The van der Waals surface area contributed by atoms with Crippen molar-refractivity contribution in [3.8, 4) is 0 Å². The molecule has 0 fully saturated rings. The van der Waals surface area contributed by atoms with E-state index in [0.717, 1.165) is 37.4 Å². The number of nitrogens with one attached hydrogen (secondary N) is 1. The normalized spacial score (nSPS) is 10.4. The Morgan fingerprint density at radius 1 is 1.31 bits per heavy atom. The Labute approximate surface area is 98.0 Å². The molecule has 3 N–H and O–H groups in total. The maximum Gasteiger partial charge on any atom is 0.0507 e. The number of benzene rings is 1. The number of hydrogen-bond donors (Lipinski definition) is 2. The number of anilines is 2. The van der Waals surface area contributed by atoms with Gasteiger partial charge in [-0.15, -0.1) is 0 Å². The van der Waals surface area contributed by atoms with Crippen molar-refractivity contribution in [2.75, 3.05) is 30.8 Å². The molecule has 3 nitrogen and oxygen atoms in total. The van der Waals surface area contributed by atoms with Gasteiger partial charge >= 0.3 is 0 Å². The smallest absolute Gasteiger partial charge is 0.0507 e. The van der Waals surface area contributed by atoms with Crippen molar-refractivity contribution in [2.45, 2.75) is 27.2 Å². The molecule has 0 aliphatic rings. The molecule has 16 heavy (non-hydrogen) atoms. The SMILES string of the molecule is CCNc1ccc(N)c(C)c1CCOCC. The van der Waals surface area contributed by atoms with Crippen LogP contribution in [0.15, 0.2) is 12.1 Å². The number of ether oxygens (including phenoxy) is 1. The van der Waals surface area contributed by atoms with Crippen LogP contribution in [0.5, 0.6) is 0 Å². The molecule has 0 aliphatic heterocycles. The van der Waals surface area contributed by atoms with Crippen molar-refractivity contribution in [3.63, 3.8) is 0 Å². The van der Waals surface area contributed by atoms with E-state index in [0.29, 0.717) is 0 Å². The van der Waals surface area contributed by atoms with Crippen LogP contribution in [-0.4, -0.2) is 19.8 Å². The van der Waals surface area contributed by atoms with Crippen LogP contribution in [0.4, 0.5) is 11.4 Å². The van der Waals surface area contributed by atoms with Crippen molar-refractivity contribution in [1.29, 1.82) is 0 Å². The summed E-state index contributed by atoms with van der Waals surface area (Å²) in [6.45, 7) is 8.61. The lowest BCUT2D eigenvalue weighted by Gasteiger charge is -2.15. The van der Waals surface area contributed by atoms with Crippen molar-refractivity contribution >= 4 is 11.4 Å². The molecule has 0 unspecified atom stereocenters. The van der Waals surface area contributed by atoms with Gasteiger partial charge in [-0.25, -0.2) is 0 Å². The first-order valence-electron chi connectivity index (χ1n) is 5.90. The lowest BCUT2D eigenvalue weighted by molar-refractivity contribution is 0.151. The summed E-state index contributed by atoms with van der Waals surface area (Å²) in [5.41, 5.74) is 10.4. The zero-order chi connectivity index (χ0) is 12.0. The van der Waals surface area contributed by atoms with Gasteiger partial charge in [0.05, 0.1) is 6.61 Å². The highest BCUT2D eigenvalue weighted by atomic mass is 16.5. The van der Waals surface area contributed by atoms with E-state index in [2.05, 4.69) is 19.2 Å². The molecular formula is C13H22N2O. The van der Waals surface area contributed by atoms with Gasteiger partial charge in [-0.05, 0) is 50.5 Å². The average Bonchev–Trinajstić information content (AvgIpc) is 2.28. The van der Waals surface area contributed by atoms with Crippen LogP contribution in [0.25, 0.3) is 0 Å². The topological polar surface area (TPSA) is 47.3 Å². The van der Waals surface area contributed by atoms with Crippen LogP contribution in [0.1, 0.15) is 25.0 Å². The highest BCUT2D eigenvalue weighted by Gasteiger charge is 2.07. The maximum atomic E-state index is 5.92. The minimum absolute atomic E-state index is 0.749. The summed E-state index contributed by atoms with van der Waals surface area (Å²) in [5, 5.41) is 3.36. The minimum Gasteiger partial charge on any atom is -0.399 e. The Hall–Kier alpha value is -1.22. The number of nitrogens with two attached hydrogens (primary N) is 1. The van der Waals surface area contributed by atoms with Gasteiger partial charge in [-0.2, -0.15) is 0 Å². The van der Waals surface area contributed by atoms with Gasteiger partial charge in [-0.1, -0.05) is 0 Å². The van der Waals surface area contributed by atoms with Crippen LogP contribution in [-0.2, 0) is 11.2 Å². The van der Waals surface area contributed by atoms with E-state index < -0.39 is 0 Å². The van der Waals surface area contributed by atoms with E-state index in [1.54, 1.807) is 0 Å². The first-order chi connectivity index (χ1) is 7.70. The van der Waals surface area contributed by atoms with Crippen LogP contribution in [0, 0.1) is 6.92 Å². The first kappa shape index (κ1) is 12.8. The van der Waals surface area contributed by atoms with Crippen molar-refractivity contribution in [1.82, 2.24) is 0 Å². The van der Waals surface area contributed by atoms with Crippen molar-refractivity contribution in [3.05, 3.63) is 23.3 Å². The molecule has 0 atom stereocenters. The Kier molecular flexibility index (Phi) is 5.12. The lowest BCUT2D eigenvalue weighted by atomic mass is 10.0. The average molecular weight is 222 g/mol. The zero-order valence-electron chi connectivity index (χ0n) is 10.5. The van der Waals surface area contributed by atoms with E-state index in [4.69, 9.17) is 10.5 Å². The van der Waals surface area contributed by atoms with Gasteiger partial charge in [0, 0.05) is 24.5 Å². The summed E-state index contributed by atoms with van der Waals surface area (Å²) in [4.78, 5) is 0. The largest absolute Gasteiger partial charge is 0.399 e. The molecule has 0 spiro atoms. The van der Waals surface area contributed by atoms with E-state index in [9.17, 15) is 0 Å². The van der Waals surface area contributed by atoms with E-state index in [-0.39, 0.29) is 0 Å². The van der Waals surface area contributed by atoms with Gasteiger partial charge in [0.2, 0.25) is 0 Å². The minimum atomic E-state index is 0.749. The monoisotopic (exact) mass is 222 g/mol. The van der Waals surface area contributed by atoms with Gasteiger partial charge in [-0.3, -0.25) is 0 Å². The van der Waals surface area contributed by atoms with Crippen molar-refractivity contribution < 1.29 is 4.74 Å². The van der Waals surface area contributed by atoms with E-state index in [1.807, 2.05) is 19.1 Å². The number of hydrogen-bond acceptors (Lipinski definition) is 3. The Balaban J connectivity index is 2.87. The summed E-state index contributed by atoms with van der Waals surface area (Å²) in [6.07, 6.45) is 0.910. The van der Waals surface area contributed by atoms with Crippen LogP contribution in [0.3, 0.4) is 0 Å². The summed E-state index contributed by atoms with van der Waals surface area (Å²) in [7, 11) is 0. The Morgan fingerprint density at radius 3 is 2.69 bits per heavy atom. The number of nitrogen functional groups attached to an aromatic ring is 1. The zero-order valence-corrected chi connectivity index (χ0v) is 10.5. The third-order valence-corrected chi connectivity index (χ3v) is 2.71. The fourth-order valence-electron chi connectivity index (χ4n) is 1.77. The van der Waals surface area contributed by atoms with E-state index >= 15 is 0 Å². The quantitative estimate of drug-likeness (QED) is 0.574. The maximum absolute atomic E-state index is 5.92. The molecule has 1 aromatic carbocycles. The number of rotatable bonds is 6. The molecular weight excluding hydrogens is 200 g/mol. The van der Waals surface area contributed by atoms with Gasteiger partial charge in [0.15, 0.2) is 0 Å². The molecule has 0 saturated carbocycles. The van der Waals surface area contributed by atoms with Crippen LogP contribution < -0.4 is 11.1 Å². The third-order valence-electron chi connectivity index (χ3n) is 2.71. The molecule has 0 aliphatic carbocycles. The Morgan fingerprint density at radius 2 is 2.06 bits per heavy atom. The molecule has 0 aromatic heterocycles. The molecule has 1 aromatic rings. The predicted molar refractivity (Wildman–Crippen MR) is 70.0 cm³/mol. The van der Waals surface area contributed by atoms with Crippen LogP contribution >= 0.6 is 0 Å². The lowest BCUT2D eigenvalue weighted by Crippen LogP contribution is -2.07. The second-order valence-corrected chi connectivity index (χ2v) is 3.78. The molecule has 1 rings (SSSR count). The highest BCUT2D eigenvalue weighted by Crippen LogP contribution is 2.25. The standard InChI is InChI=1S/C13H22N2O/c1-4-15-13-7-6-12(14)10(3)11(13)8-9-16-5-2/h6-7,15H,4-5,8-9,14H2,1-3H3. The van der Waals surface area contributed by atoms with Crippen LogP contribution in [0.2, 0.25) is 0 Å². The molecule has 0 bridgehead atoms. The summed E-state index contributed by atoms with van der Waals surface area (Å²) in [5.74, 6) is 0. The third kappa shape index (κ3) is 3.14. The molecule has 3 heteroatoms. The fourth-order valence-corrected chi connectivity index (χ4v) is 1.77. The second kappa shape index (κ2) is 6.38. The van der Waals surface area contributed by atoms with Crippen molar-refractivity contribution in [2.24, 2.45) is 0 Å². The Bertz CT molecular complexity index is 337. The second-order valence-electron chi connectivity index (χ2n) is 3.78. The summed E-state index contributed by atoms with van der Waals surface area (Å²) in [6, 6.07) is 4.00. The van der Waals surface area contributed by atoms with Gasteiger partial charge in [0.25, 0.3) is 0 Å². The predicted octanol–water partition coefficient (Wildman–Crippen LogP) is 2.59. The molecule has 0 radical (unpaired) electrons. The summed E-state index contributed by atoms with van der Waals surface area (Å²) >= 11 is 0. The van der Waals surface area contributed by atoms with Gasteiger partial charge < -0.3 is 15.8 Å². The first-order valence-corrected chi connectivity index (χ1v) is 5.90. The fraction of sp³-hybridized carbons (Fsp3) is 0.538. The molecule has 90 valence electrons. The molecule has 0 saturated heterocycles. The van der Waals surface area contributed by atoms with E-state index in [1.165, 1.54) is 11.3 Å².